The molecule has 0 saturated heterocycles. The third kappa shape index (κ3) is 5.77. The van der Waals surface area contributed by atoms with Gasteiger partial charge < -0.3 is 14.2 Å². The van der Waals surface area contributed by atoms with Gasteiger partial charge in [0.15, 0.2) is 0 Å². The van der Waals surface area contributed by atoms with Crippen LogP contribution in [0.4, 0.5) is 34.1 Å². The number of anilines is 6. The zero-order valence-corrected chi connectivity index (χ0v) is 36.1. The van der Waals surface area contributed by atoms with Crippen molar-refractivity contribution in [1.82, 2.24) is 0 Å². The number of furan rings is 1. The zero-order valence-electron chi connectivity index (χ0n) is 36.1. The first-order chi connectivity index (χ1) is 32.8. The summed E-state index contributed by atoms with van der Waals surface area (Å²) in [5.41, 5.74) is 19.8. The summed E-state index contributed by atoms with van der Waals surface area (Å²) in [6.45, 7) is 0. The van der Waals surface area contributed by atoms with Gasteiger partial charge in [-0.15, -0.1) is 0 Å². The van der Waals surface area contributed by atoms with E-state index in [1.165, 1.54) is 55.6 Å². The van der Waals surface area contributed by atoms with Crippen molar-refractivity contribution < 1.29 is 4.42 Å². The zero-order chi connectivity index (χ0) is 43.6. The van der Waals surface area contributed by atoms with Crippen LogP contribution in [-0.2, 0) is 5.41 Å². The van der Waals surface area contributed by atoms with E-state index in [9.17, 15) is 0 Å². The van der Waals surface area contributed by atoms with Crippen LogP contribution in [0.25, 0.3) is 55.5 Å². The second kappa shape index (κ2) is 15.3. The number of benzene rings is 10. The molecule has 0 fully saturated rings. The van der Waals surface area contributed by atoms with Crippen LogP contribution in [0.3, 0.4) is 0 Å². The van der Waals surface area contributed by atoms with Crippen LogP contribution in [-0.4, -0.2) is 0 Å². The molecular weight excluding hydrogens is 801 g/mol. The Morgan fingerprint density at radius 3 is 1.39 bits per heavy atom. The molecule has 3 heteroatoms. The summed E-state index contributed by atoms with van der Waals surface area (Å²) in [6, 6.07) is 92.1. The van der Waals surface area contributed by atoms with Crippen molar-refractivity contribution in [3.05, 3.63) is 277 Å². The van der Waals surface area contributed by atoms with Crippen LogP contribution in [0.1, 0.15) is 22.5 Å². The summed E-state index contributed by atoms with van der Waals surface area (Å²) in [4.78, 5) is 4.81. The van der Waals surface area contributed by atoms with Crippen molar-refractivity contribution in [3.8, 4) is 44.5 Å². The lowest BCUT2D eigenvalue weighted by Gasteiger charge is -2.32. The van der Waals surface area contributed by atoms with Gasteiger partial charge in [0.2, 0.25) is 0 Å². The van der Waals surface area contributed by atoms with Crippen molar-refractivity contribution in [3.63, 3.8) is 0 Å². The summed E-state index contributed by atoms with van der Waals surface area (Å²) in [6.07, 6.45) is 0. The molecule has 1 spiro atoms. The van der Waals surface area contributed by atoms with Gasteiger partial charge in [0.25, 0.3) is 0 Å². The molecular formula is C63H42N2O. The van der Waals surface area contributed by atoms with E-state index in [4.69, 9.17) is 4.42 Å². The van der Waals surface area contributed by atoms with Crippen molar-refractivity contribution in [2.45, 2.75) is 5.41 Å². The first kappa shape index (κ1) is 37.9. The molecule has 0 N–H and O–H groups in total. The van der Waals surface area contributed by atoms with Crippen molar-refractivity contribution in [2.24, 2.45) is 0 Å². The van der Waals surface area contributed by atoms with Crippen molar-refractivity contribution in [2.75, 3.05) is 9.80 Å². The van der Waals surface area contributed by atoms with Crippen LogP contribution in [0, 0.1) is 0 Å². The van der Waals surface area contributed by atoms with E-state index in [1.54, 1.807) is 0 Å². The average molecular weight is 843 g/mol. The summed E-state index contributed by atoms with van der Waals surface area (Å²) in [5.74, 6) is 0.958. The lowest BCUT2D eigenvalue weighted by molar-refractivity contribution is 0.507. The minimum atomic E-state index is -0.749. The van der Waals surface area contributed by atoms with E-state index < -0.39 is 5.41 Å². The SMILES string of the molecule is c1ccc(-c2ccc(N(c3ccc(-c4ccccc4)cc3)c3cccc4c3-c3c(oc5ccccc35)C43c4ccccc4-c4ccc(N(c5ccccc5)c5ccccc5)cc43)cc2)cc1. The molecule has 1 aromatic heterocycles. The predicted molar refractivity (Wildman–Crippen MR) is 273 cm³/mol. The molecule has 2 aliphatic rings. The normalized spacial score (nSPS) is 14.1. The Hall–Kier alpha value is -8.66. The summed E-state index contributed by atoms with van der Waals surface area (Å²) in [5, 5.41) is 1.11. The molecule has 0 bridgehead atoms. The molecule has 0 radical (unpaired) electrons. The topological polar surface area (TPSA) is 19.6 Å². The molecule has 0 amide bonds. The van der Waals surface area contributed by atoms with Gasteiger partial charge in [0, 0.05) is 45.0 Å². The van der Waals surface area contributed by atoms with E-state index in [-0.39, 0.29) is 0 Å². The number of hydrogen-bond donors (Lipinski definition) is 0. The highest BCUT2D eigenvalue weighted by Gasteiger charge is 2.56. The summed E-state index contributed by atoms with van der Waals surface area (Å²) >= 11 is 0. The molecule has 0 aliphatic heterocycles. The second-order valence-corrected chi connectivity index (χ2v) is 17.2. The molecule has 66 heavy (non-hydrogen) atoms. The highest BCUT2D eigenvalue weighted by molar-refractivity contribution is 6.09. The Bertz CT molecular complexity index is 3440. The number of para-hydroxylation sites is 3. The van der Waals surface area contributed by atoms with Crippen LogP contribution in [0.5, 0.6) is 0 Å². The highest BCUT2D eigenvalue weighted by atomic mass is 16.3. The van der Waals surface area contributed by atoms with E-state index >= 15 is 0 Å². The number of rotatable bonds is 8. The third-order valence-electron chi connectivity index (χ3n) is 13.7. The van der Waals surface area contributed by atoms with Crippen LogP contribution in [0.15, 0.2) is 259 Å². The van der Waals surface area contributed by atoms with E-state index in [1.807, 2.05) is 0 Å². The van der Waals surface area contributed by atoms with Crippen LogP contribution >= 0.6 is 0 Å². The second-order valence-electron chi connectivity index (χ2n) is 17.2. The molecule has 1 unspecified atom stereocenters. The summed E-state index contributed by atoms with van der Waals surface area (Å²) < 4.78 is 7.36. The third-order valence-corrected chi connectivity index (χ3v) is 13.7. The maximum Gasteiger partial charge on any atom is 0.135 e. The molecule has 1 atom stereocenters. The van der Waals surface area contributed by atoms with Crippen molar-refractivity contribution in [1.29, 1.82) is 0 Å². The van der Waals surface area contributed by atoms with Crippen LogP contribution in [0.2, 0.25) is 0 Å². The van der Waals surface area contributed by atoms with Crippen molar-refractivity contribution >= 4 is 45.1 Å². The van der Waals surface area contributed by atoms with Gasteiger partial charge in [0.1, 0.15) is 16.8 Å². The van der Waals surface area contributed by atoms with Gasteiger partial charge in [-0.25, -0.2) is 0 Å². The quantitative estimate of drug-likeness (QED) is 0.152. The van der Waals surface area contributed by atoms with Gasteiger partial charge in [-0.2, -0.15) is 0 Å². The monoisotopic (exact) mass is 842 g/mol. The fraction of sp³-hybridized carbons (Fsp3) is 0.0159. The van der Waals surface area contributed by atoms with Gasteiger partial charge in [-0.05, 0) is 123 Å². The van der Waals surface area contributed by atoms with E-state index in [0.717, 1.165) is 56.4 Å². The molecule has 13 rings (SSSR count). The van der Waals surface area contributed by atoms with Gasteiger partial charge in [-0.1, -0.05) is 182 Å². The molecule has 11 aromatic rings. The van der Waals surface area contributed by atoms with Crippen LogP contribution < -0.4 is 9.80 Å². The Balaban J connectivity index is 1.08. The first-order valence-electron chi connectivity index (χ1n) is 22.7. The number of fused-ring (bicyclic) bond motifs is 12. The van der Waals surface area contributed by atoms with E-state index in [2.05, 4.69) is 265 Å². The van der Waals surface area contributed by atoms with Gasteiger partial charge >= 0.3 is 0 Å². The number of hydrogen-bond acceptors (Lipinski definition) is 3. The molecule has 3 nitrogen and oxygen atoms in total. The lowest BCUT2D eigenvalue weighted by atomic mass is 9.73. The number of nitrogens with zero attached hydrogens (tertiary/aromatic N) is 2. The molecule has 10 aromatic carbocycles. The van der Waals surface area contributed by atoms with Gasteiger partial charge in [0.05, 0.1) is 5.69 Å². The standard InChI is InChI=1S/C63H42N2O/c1-5-18-43(19-6-1)45-32-36-49(37-33-45)65(50-38-34-46(35-39-50)44-20-7-2-8-21-44)58-30-17-29-56-61(58)60-54-27-14-16-31-59(54)66-62(60)63(56)55-28-15-13-26-52(55)53-41-40-51(42-57(53)63)64(47-22-9-3-10-23-47)48-24-11-4-12-25-48/h1-42H. The molecule has 0 saturated carbocycles. The largest absolute Gasteiger partial charge is 0.459 e. The smallest absolute Gasteiger partial charge is 0.135 e. The van der Waals surface area contributed by atoms with E-state index in [0.29, 0.717) is 0 Å². The minimum absolute atomic E-state index is 0.749. The molecule has 2 aliphatic carbocycles. The fourth-order valence-corrected chi connectivity index (χ4v) is 10.8. The maximum absolute atomic E-state index is 7.36. The van der Waals surface area contributed by atoms with Gasteiger partial charge in [-0.3, -0.25) is 0 Å². The Kier molecular flexibility index (Phi) is 8.75. The fourth-order valence-electron chi connectivity index (χ4n) is 10.8. The Labute approximate surface area is 384 Å². The maximum atomic E-state index is 7.36. The average Bonchev–Trinajstić information content (AvgIpc) is 4.02. The molecule has 1 heterocycles. The minimum Gasteiger partial charge on any atom is -0.459 e. The Morgan fingerprint density at radius 1 is 0.303 bits per heavy atom. The Morgan fingerprint density at radius 2 is 0.773 bits per heavy atom. The highest BCUT2D eigenvalue weighted by Crippen LogP contribution is 2.67. The first-order valence-corrected chi connectivity index (χ1v) is 22.7. The predicted octanol–water partition coefficient (Wildman–Crippen LogP) is 17.0. The lowest BCUT2D eigenvalue weighted by Crippen LogP contribution is -2.26. The summed E-state index contributed by atoms with van der Waals surface area (Å²) in [7, 11) is 0. The molecule has 310 valence electrons.